The fourth-order valence-electron chi connectivity index (χ4n) is 3.21. The van der Waals surface area contributed by atoms with Gasteiger partial charge in [0.2, 0.25) is 0 Å². The Morgan fingerprint density at radius 1 is 0.690 bits per heavy atom. The zero-order valence-electron chi connectivity index (χ0n) is 15.4. The maximum atomic E-state index is 4.85. The summed E-state index contributed by atoms with van der Waals surface area (Å²) in [6.07, 6.45) is 8.90. The molecule has 4 heterocycles. The quantitative estimate of drug-likeness (QED) is 0.493. The lowest BCUT2D eigenvalue weighted by atomic mass is 9.99. The fraction of sp³-hybridized carbons (Fsp3) is 0. The van der Waals surface area contributed by atoms with E-state index in [9.17, 15) is 0 Å². The summed E-state index contributed by atoms with van der Waals surface area (Å²) < 4.78 is 0. The summed E-state index contributed by atoms with van der Waals surface area (Å²) in [6.45, 7) is 0. The minimum Gasteiger partial charge on any atom is -0.278 e. The van der Waals surface area contributed by atoms with E-state index in [1.165, 1.54) is 0 Å². The van der Waals surface area contributed by atoms with E-state index in [-0.39, 0.29) is 0 Å². The van der Waals surface area contributed by atoms with Crippen molar-refractivity contribution < 1.29 is 0 Å². The van der Waals surface area contributed by atoms with Crippen LogP contribution in [-0.4, -0.2) is 30.1 Å². The number of nitrogens with one attached hydrogen (secondary N) is 1. The summed E-state index contributed by atoms with van der Waals surface area (Å²) in [6, 6.07) is 19.8. The molecule has 0 fully saturated rings. The molecule has 6 nitrogen and oxygen atoms in total. The highest BCUT2D eigenvalue weighted by Crippen LogP contribution is 2.33. The van der Waals surface area contributed by atoms with Crippen molar-refractivity contribution in [2.24, 2.45) is 0 Å². The van der Waals surface area contributed by atoms with Crippen LogP contribution >= 0.6 is 0 Å². The molecule has 5 rings (SSSR count). The highest BCUT2D eigenvalue weighted by molar-refractivity contribution is 5.82. The smallest absolute Gasteiger partial charge is 0.178 e. The number of hydrogen-bond donors (Lipinski definition) is 1. The first-order valence-electron chi connectivity index (χ1n) is 9.17. The van der Waals surface area contributed by atoms with Gasteiger partial charge in [0.15, 0.2) is 5.82 Å². The lowest BCUT2D eigenvalue weighted by Gasteiger charge is -2.11. The highest BCUT2D eigenvalue weighted by atomic mass is 15.1. The molecule has 0 spiro atoms. The molecule has 0 saturated heterocycles. The maximum absolute atomic E-state index is 4.85. The second kappa shape index (κ2) is 7.44. The van der Waals surface area contributed by atoms with Crippen molar-refractivity contribution in [1.82, 2.24) is 30.1 Å². The van der Waals surface area contributed by atoms with Crippen molar-refractivity contribution >= 4 is 0 Å². The topological polar surface area (TPSA) is 80.2 Å². The van der Waals surface area contributed by atoms with Gasteiger partial charge in [-0.25, -0.2) is 9.97 Å². The summed E-state index contributed by atoms with van der Waals surface area (Å²) in [4.78, 5) is 18.1. The molecule has 138 valence electrons. The van der Waals surface area contributed by atoms with Crippen LogP contribution in [0.25, 0.3) is 45.2 Å². The number of rotatable bonds is 4. The standard InChI is InChI=1S/C23H16N6/c1-2-11-25-21(8-1)23-26-15-19(22(28-23)18-7-4-10-24-14-18)16-5-3-6-17(13-16)20-9-12-27-29-20/h1-15H,(H,27,29). The van der Waals surface area contributed by atoms with Crippen molar-refractivity contribution in [1.29, 1.82) is 0 Å². The zero-order valence-corrected chi connectivity index (χ0v) is 15.4. The average molecular weight is 376 g/mol. The van der Waals surface area contributed by atoms with Crippen LogP contribution in [0.5, 0.6) is 0 Å². The lowest BCUT2D eigenvalue weighted by Crippen LogP contribution is -1.97. The Bertz CT molecular complexity index is 1240. The summed E-state index contributed by atoms with van der Waals surface area (Å²) in [5.74, 6) is 0.581. The second-order valence-electron chi connectivity index (χ2n) is 6.46. The molecule has 4 aromatic heterocycles. The van der Waals surface area contributed by atoms with Crippen LogP contribution in [0.15, 0.2) is 91.6 Å². The van der Waals surface area contributed by atoms with Crippen molar-refractivity contribution in [3.05, 3.63) is 91.6 Å². The van der Waals surface area contributed by atoms with Gasteiger partial charge in [-0.15, -0.1) is 0 Å². The molecular formula is C23H16N6. The molecule has 0 radical (unpaired) electrons. The van der Waals surface area contributed by atoms with Crippen LogP contribution in [0.2, 0.25) is 0 Å². The van der Waals surface area contributed by atoms with Crippen molar-refractivity contribution in [3.8, 4) is 45.2 Å². The van der Waals surface area contributed by atoms with Gasteiger partial charge in [-0.1, -0.05) is 24.3 Å². The molecular weight excluding hydrogens is 360 g/mol. The van der Waals surface area contributed by atoms with E-state index in [0.29, 0.717) is 5.82 Å². The maximum Gasteiger partial charge on any atom is 0.178 e. The van der Waals surface area contributed by atoms with E-state index in [2.05, 4.69) is 37.3 Å². The Hall–Kier alpha value is -4.19. The molecule has 29 heavy (non-hydrogen) atoms. The molecule has 1 aromatic carbocycles. The number of benzene rings is 1. The Labute approximate surface area is 167 Å². The Morgan fingerprint density at radius 3 is 2.41 bits per heavy atom. The number of aromatic amines is 1. The highest BCUT2D eigenvalue weighted by Gasteiger charge is 2.14. The molecule has 0 saturated carbocycles. The predicted octanol–water partition coefficient (Wildman–Crippen LogP) is 4.66. The molecule has 0 aliphatic rings. The van der Waals surface area contributed by atoms with Gasteiger partial charge in [-0.05, 0) is 42.0 Å². The van der Waals surface area contributed by atoms with E-state index >= 15 is 0 Å². The van der Waals surface area contributed by atoms with Gasteiger partial charge in [0.25, 0.3) is 0 Å². The number of H-pyrrole nitrogens is 1. The van der Waals surface area contributed by atoms with Crippen LogP contribution in [0, 0.1) is 0 Å². The third kappa shape index (κ3) is 3.39. The molecule has 5 aromatic rings. The lowest BCUT2D eigenvalue weighted by molar-refractivity contribution is 1.10. The van der Waals surface area contributed by atoms with Crippen LogP contribution in [0.3, 0.4) is 0 Å². The molecule has 0 aliphatic heterocycles. The number of nitrogens with zero attached hydrogens (tertiary/aromatic N) is 5. The Balaban J connectivity index is 1.68. The Kier molecular flexibility index (Phi) is 4.35. The van der Waals surface area contributed by atoms with Gasteiger partial charge in [0.1, 0.15) is 5.69 Å². The summed E-state index contributed by atoms with van der Waals surface area (Å²) in [5.41, 5.74) is 6.43. The predicted molar refractivity (Wildman–Crippen MR) is 112 cm³/mol. The minimum atomic E-state index is 0.581. The van der Waals surface area contributed by atoms with Crippen LogP contribution in [-0.2, 0) is 0 Å². The van der Waals surface area contributed by atoms with Crippen molar-refractivity contribution in [3.63, 3.8) is 0 Å². The zero-order chi connectivity index (χ0) is 19.5. The Morgan fingerprint density at radius 2 is 1.62 bits per heavy atom. The van der Waals surface area contributed by atoms with E-state index < -0.39 is 0 Å². The average Bonchev–Trinajstić information content (AvgIpc) is 3.35. The van der Waals surface area contributed by atoms with E-state index in [1.807, 2.05) is 60.9 Å². The first kappa shape index (κ1) is 16.9. The van der Waals surface area contributed by atoms with Crippen LogP contribution in [0.1, 0.15) is 0 Å². The number of pyridine rings is 2. The normalized spacial score (nSPS) is 10.8. The molecule has 0 amide bonds. The third-order valence-electron chi connectivity index (χ3n) is 4.60. The summed E-state index contributed by atoms with van der Waals surface area (Å²) in [5, 5.41) is 7.06. The molecule has 0 atom stereocenters. The van der Waals surface area contributed by atoms with Gasteiger partial charge >= 0.3 is 0 Å². The van der Waals surface area contributed by atoms with E-state index in [1.54, 1.807) is 18.6 Å². The third-order valence-corrected chi connectivity index (χ3v) is 4.60. The molecule has 0 bridgehead atoms. The molecule has 0 unspecified atom stereocenters. The van der Waals surface area contributed by atoms with E-state index in [4.69, 9.17) is 4.98 Å². The van der Waals surface area contributed by atoms with Crippen LogP contribution in [0.4, 0.5) is 0 Å². The first-order chi connectivity index (χ1) is 14.4. The second-order valence-corrected chi connectivity index (χ2v) is 6.46. The van der Waals surface area contributed by atoms with Gasteiger partial charge in [-0.3, -0.25) is 15.1 Å². The van der Waals surface area contributed by atoms with Gasteiger partial charge in [0.05, 0.1) is 11.4 Å². The number of aromatic nitrogens is 6. The number of hydrogen-bond acceptors (Lipinski definition) is 5. The van der Waals surface area contributed by atoms with Gasteiger partial charge < -0.3 is 0 Å². The van der Waals surface area contributed by atoms with Crippen LogP contribution < -0.4 is 0 Å². The van der Waals surface area contributed by atoms with Gasteiger partial charge in [0, 0.05) is 47.7 Å². The minimum absolute atomic E-state index is 0.581. The SMILES string of the molecule is c1ccc(-c2ncc(-c3cccc(-c4ccn[nH]4)c3)c(-c3cccnc3)n2)nc1. The fourth-order valence-corrected chi connectivity index (χ4v) is 3.21. The van der Waals surface area contributed by atoms with E-state index in [0.717, 1.165) is 39.3 Å². The summed E-state index contributed by atoms with van der Waals surface area (Å²) in [7, 11) is 0. The molecule has 6 heteroatoms. The van der Waals surface area contributed by atoms with Crippen molar-refractivity contribution in [2.75, 3.05) is 0 Å². The monoisotopic (exact) mass is 376 g/mol. The van der Waals surface area contributed by atoms with Gasteiger partial charge in [-0.2, -0.15) is 5.10 Å². The largest absolute Gasteiger partial charge is 0.278 e. The summed E-state index contributed by atoms with van der Waals surface area (Å²) >= 11 is 0. The molecule has 1 N–H and O–H groups in total. The molecule has 0 aliphatic carbocycles. The first-order valence-corrected chi connectivity index (χ1v) is 9.17. The van der Waals surface area contributed by atoms with Crippen molar-refractivity contribution in [2.45, 2.75) is 0 Å².